The van der Waals surface area contributed by atoms with Crippen molar-refractivity contribution in [2.24, 2.45) is 0 Å². The Kier molecular flexibility index (Phi) is 3.02. The van der Waals surface area contributed by atoms with E-state index in [1.54, 1.807) is 16.6 Å². The Morgan fingerprint density at radius 2 is 2.39 bits per heavy atom. The van der Waals surface area contributed by atoms with Gasteiger partial charge in [-0.15, -0.1) is 0 Å². The molecule has 1 N–H and O–H groups in total. The Hall–Kier alpha value is -2.92. The largest absolute Gasteiger partial charge is 0.482 e. The fourth-order valence-electron chi connectivity index (χ4n) is 2.46. The van der Waals surface area contributed by atoms with Crippen molar-refractivity contribution in [3.05, 3.63) is 28.9 Å². The van der Waals surface area contributed by atoms with Gasteiger partial charge in [-0.05, 0) is 24.6 Å². The number of imidazole rings is 1. The maximum Gasteiger partial charge on any atom is 0.262 e. The molecule has 3 heterocycles. The van der Waals surface area contributed by atoms with E-state index < -0.39 is 0 Å². The van der Waals surface area contributed by atoms with Crippen molar-refractivity contribution in [1.82, 2.24) is 14.6 Å². The lowest BCUT2D eigenvalue weighted by atomic mass is 10.1. The topological polar surface area (TPSA) is 92.3 Å². The average Bonchev–Trinajstić information content (AvgIpc) is 3.10. The summed E-state index contributed by atoms with van der Waals surface area (Å²) in [5.41, 5.74) is 2.26. The molecule has 0 aliphatic carbocycles. The van der Waals surface area contributed by atoms with Gasteiger partial charge in [-0.25, -0.2) is 4.98 Å². The highest BCUT2D eigenvalue weighted by Gasteiger charge is 2.21. The quantitative estimate of drug-likeness (QED) is 0.780. The second kappa shape index (κ2) is 5.07. The summed E-state index contributed by atoms with van der Waals surface area (Å²) in [6.07, 6.45) is 0.802. The van der Waals surface area contributed by atoms with Gasteiger partial charge in [0.15, 0.2) is 12.3 Å². The van der Waals surface area contributed by atoms with Gasteiger partial charge in [0, 0.05) is 5.56 Å². The van der Waals surface area contributed by atoms with E-state index in [2.05, 4.69) is 21.5 Å². The van der Waals surface area contributed by atoms with Crippen LogP contribution in [0, 0.1) is 11.3 Å². The van der Waals surface area contributed by atoms with Gasteiger partial charge in [-0.1, -0.05) is 18.3 Å². The van der Waals surface area contributed by atoms with Crippen LogP contribution in [0.3, 0.4) is 0 Å². The van der Waals surface area contributed by atoms with Gasteiger partial charge in [0.2, 0.25) is 4.96 Å². The zero-order valence-corrected chi connectivity index (χ0v) is 13.0. The number of benzene rings is 1. The maximum absolute atomic E-state index is 11.5. The van der Waals surface area contributed by atoms with Gasteiger partial charge >= 0.3 is 0 Å². The van der Waals surface area contributed by atoms with Gasteiger partial charge < -0.3 is 10.1 Å². The number of hydrogen-bond acceptors (Lipinski definition) is 6. The number of carbonyl (C=O) groups excluding carboxylic acids is 1. The molecule has 7 nitrogen and oxygen atoms in total. The van der Waals surface area contributed by atoms with Crippen molar-refractivity contribution in [1.29, 1.82) is 5.26 Å². The lowest BCUT2D eigenvalue weighted by molar-refractivity contribution is -0.118. The number of rotatable bonds is 2. The molecule has 114 valence electrons. The number of fused-ring (bicyclic) bond motifs is 2. The van der Waals surface area contributed by atoms with Gasteiger partial charge in [-0.2, -0.15) is 14.9 Å². The van der Waals surface area contributed by atoms with E-state index in [1.165, 1.54) is 11.3 Å². The summed E-state index contributed by atoms with van der Waals surface area (Å²) in [6, 6.07) is 7.52. The average molecular weight is 325 g/mol. The molecule has 0 radical (unpaired) electrons. The van der Waals surface area contributed by atoms with E-state index in [0.29, 0.717) is 27.8 Å². The standard InChI is InChI=1S/C15H11N5O2S/c1-2-13-19-20-10(6-16)14(18-15(20)23-13)8-3-4-11-9(5-8)17-12(21)7-22-11/h3-5H,2,7H2,1H3,(H,17,21). The number of ether oxygens (including phenoxy) is 1. The van der Waals surface area contributed by atoms with E-state index in [0.717, 1.165) is 17.0 Å². The molecule has 1 aliphatic heterocycles. The van der Waals surface area contributed by atoms with Crippen molar-refractivity contribution in [3.63, 3.8) is 0 Å². The number of nitrogens with zero attached hydrogens (tertiary/aromatic N) is 4. The highest BCUT2D eigenvalue weighted by Crippen LogP contribution is 2.34. The number of hydrogen-bond donors (Lipinski definition) is 1. The molecule has 0 saturated carbocycles. The van der Waals surface area contributed by atoms with E-state index in [-0.39, 0.29) is 12.5 Å². The normalized spacial score (nSPS) is 13.3. The Bertz CT molecular complexity index is 982. The smallest absolute Gasteiger partial charge is 0.262 e. The minimum atomic E-state index is -0.199. The molecular formula is C15H11N5O2S. The third-order valence-corrected chi connectivity index (χ3v) is 4.59. The first-order chi connectivity index (χ1) is 11.2. The minimum Gasteiger partial charge on any atom is -0.482 e. The van der Waals surface area contributed by atoms with E-state index in [9.17, 15) is 10.1 Å². The van der Waals surface area contributed by atoms with E-state index >= 15 is 0 Å². The Balaban J connectivity index is 1.86. The molecule has 3 aromatic rings. The van der Waals surface area contributed by atoms with Crippen LogP contribution in [0.2, 0.25) is 0 Å². The molecule has 23 heavy (non-hydrogen) atoms. The van der Waals surface area contributed by atoms with Crippen LogP contribution in [0.15, 0.2) is 18.2 Å². The summed E-state index contributed by atoms with van der Waals surface area (Å²) in [4.78, 5) is 16.7. The first-order valence-corrected chi connectivity index (χ1v) is 7.87. The zero-order chi connectivity index (χ0) is 16.0. The predicted molar refractivity (Wildman–Crippen MR) is 84.5 cm³/mol. The van der Waals surface area contributed by atoms with Crippen LogP contribution < -0.4 is 10.1 Å². The first kappa shape index (κ1) is 13.7. The van der Waals surface area contributed by atoms with Gasteiger partial charge in [0.25, 0.3) is 5.91 Å². The summed E-state index contributed by atoms with van der Waals surface area (Å²) in [5, 5.41) is 17.6. The number of aryl methyl sites for hydroxylation is 1. The summed E-state index contributed by atoms with van der Waals surface area (Å²) in [6.45, 7) is 2.02. The van der Waals surface area contributed by atoms with E-state index in [4.69, 9.17) is 4.74 Å². The fraction of sp³-hybridized carbons (Fsp3) is 0.200. The molecule has 4 rings (SSSR count). The van der Waals surface area contributed by atoms with Crippen molar-refractivity contribution in [2.75, 3.05) is 11.9 Å². The molecule has 0 atom stereocenters. The molecular weight excluding hydrogens is 314 g/mol. The first-order valence-electron chi connectivity index (χ1n) is 7.05. The summed E-state index contributed by atoms with van der Waals surface area (Å²) >= 11 is 1.47. The highest BCUT2D eigenvalue weighted by atomic mass is 32.1. The number of carbonyl (C=O) groups is 1. The van der Waals surface area contributed by atoms with Crippen LogP contribution in [-0.4, -0.2) is 27.1 Å². The van der Waals surface area contributed by atoms with Crippen molar-refractivity contribution < 1.29 is 9.53 Å². The summed E-state index contributed by atoms with van der Waals surface area (Å²) in [7, 11) is 0. The van der Waals surface area contributed by atoms with Crippen LogP contribution in [-0.2, 0) is 11.2 Å². The molecule has 0 unspecified atom stereocenters. The SMILES string of the molecule is CCc1nn2c(C#N)c(-c3ccc4c(c3)NC(=O)CO4)nc2s1. The number of anilines is 1. The van der Waals surface area contributed by atoms with Crippen LogP contribution in [0.5, 0.6) is 5.75 Å². The predicted octanol–water partition coefficient (Wildman–Crippen LogP) is 2.22. The molecule has 0 saturated heterocycles. The minimum absolute atomic E-state index is 0.0136. The number of nitriles is 1. The van der Waals surface area contributed by atoms with Crippen LogP contribution in [0.25, 0.3) is 16.2 Å². The molecule has 0 fully saturated rings. The Morgan fingerprint density at radius 1 is 1.52 bits per heavy atom. The number of aromatic nitrogens is 3. The molecule has 1 amide bonds. The second-order valence-corrected chi connectivity index (χ2v) is 6.05. The molecule has 1 aliphatic rings. The molecule has 0 bridgehead atoms. The number of nitrogens with one attached hydrogen (secondary N) is 1. The third-order valence-electron chi connectivity index (χ3n) is 3.54. The van der Waals surface area contributed by atoms with Crippen molar-refractivity contribution in [2.45, 2.75) is 13.3 Å². The maximum atomic E-state index is 11.5. The number of amides is 1. The molecule has 2 aromatic heterocycles. The van der Waals surface area contributed by atoms with Gasteiger partial charge in [0.1, 0.15) is 22.5 Å². The van der Waals surface area contributed by atoms with Crippen molar-refractivity contribution >= 4 is 27.9 Å². The summed E-state index contributed by atoms with van der Waals surface area (Å²) in [5.74, 6) is 0.412. The van der Waals surface area contributed by atoms with Gasteiger partial charge in [0.05, 0.1) is 5.69 Å². The van der Waals surface area contributed by atoms with Crippen LogP contribution in [0.1, 0.15) is 17.6 Å². The second-order valence-electron chi connectivity index (χ2n) is 5.01. The van der Waals surface area contributed by atoms with Gasteiger partial charge in [-0.3, -0.25) is 4.79 Å². The summed E-state index contributed by atoms with van der Waals surface area (Å²) < 4.78 is 6.92. The van der Waals surface area contributed by atoms with Crippen LogP contribution in [0.4, 0.5) is 5.69 Å². The molecule has 8 heteroatoms. The van der Waals surface area contributed by atoms with Crippen LogP contribution >= 0.6 is 11.3 Å². The zero-order valence-electron chi connectivity index (χ0n) is 12.2. The molecule has 1 aromatic carbocycles. The van der Waals surface area contributed by atoms with E-state index in [1.807, 2.05) is 13.0 Å². The highest BCUT2D eigenvalue weighted by molar-refractivity contribution is 7.16. The fourth-order valence-corrected chi connectivity index (χ4v) is 3.30. The van der Waals surface area contributed by atoms with Crippen molar-refractivity contribution in [3.8, 4) is 23.1 Å². The Morgan fingerprint density at radius 3 is 3.17 bits per heavy atom. The third kappa shape index (κ3) is 2.13. The molecule has 0 spiro atoms. The lowest BCUT2D eigenvalue weighted by Gasteiger charge is -2.18. The monoisotopic (exact) mass is 325 g/mol. The Labute approximate surface area is 135 Å². The lowest BCUT2D eigenvalue weighted by Crippen LogP contribution is -2.25.